The molecule has 0 heterocycles. The van der Waals surface area contributed by atoms with Crippen molar-refractivity contribution in [1.29, 1.82) is 0 Å². The van der Waals surface area contributed by atoms with Crippen molar-refractivity contribution >= 4 is 0 Å². The third-order valence-electron chi connectivity index (χ3n) is 0.818. The summed E-state index contributed by atoms with van der Waals surface area (Å²) in [6, 6.07) is 0. The lowest BCUT2D eigenvalue weighted by Gasteiger charge is -1.92. The molecule has 0 rings (SSSR count). The average Bonchev–Trinajstić information content (AvgIpc) is 1.61. The maximum atomic E-state index is 6.42. The van der Waals surface area contributed by atoms with E-state index in [0.29, 0.717) is 12.5 Å². The quantitative estimate of drug-likeness (QED) is 0.464. The first-order valence-corrected chi connectivity index (χ1v) is 2.60. The molecule has 0 atom stereocenters. The summed E-state index contributed by atoms with van der Waals surface area (Å²) < 4.78 is 0. The van der Waals surface area contributed by atoms with Crippen LogP contribution in [0.5, 0.6) is 0 Å². The van der Waals surface area contributed by atoms with E-state index in [0.717, 1.165) is 6.42 Å². The number of hydrogen-bond donors (Lipinski definition) is 0. The van der Waals surface area contributed by atoms with Gasteiger partial charge >= 0.3 is 0 Å². The van der Waals surface area contributed by atoms with E-state index in [2.05, 4.69) is 18.7 Å². The zero-order chi connectivity index (χ0) is 5.70. The van der Waals surface area contributed by atoms with Crippen LogP contribution in [0.25, 0.3) is 4.85 Å². The van der Waals surface area contributed by atoms with E-state index in [1.807, 2.05) is 0 Å². The maximum absolute atomic E-state index is 6.42. The van der Waals surface area contributed by atoms with Gasteiger partial charge in [-0.05, 0) is 5.92 Å². The Bertz CT molecular complexity index is 68.7. The second-order valence-electron chi connectivity index (χ2n) is 2.06. The van der Waals surface area contributed by atoms with Crippen molar-refractivity contribution in [3.05, 3.63) is 11.4 Å². The summed E-state index contributed by atoms with van der Waals surface area (Å²) >= 11 is 0. The summed E-state index contributed by atoms with van der Waals surface area (Å²) in [5.41, 5.74) is 0. The number of hydrogen-bond acceptors (Lipinski definition) is 0. The fourth-order valence-electron chi connectivity index (χ4n) is 0.323. The average molecular weight is 97.2 g/mol. The largest absolute Gasteiger partial charge is 0.317 e. The molecule has 0 aromatic heterocycles. The van der Waals surface area contributed by atoms with Gasteiger partial charge in [-0.1, -0.05) is 13.8 Å². The summed E-state index contributed by atoms with van der Waals surface area (Å²) in [6.45, 7) is 11.4. The zero-order valence-electron chi connectivity index (χ0n) is 4.94. The summed E-state index contributed by atoms with van der Waals surface area (Å²) in [5.74, 6) is 0.689. The summed E-state index contributed by atoms with van der Waals surface area (Å²) in [6.07, 6.45) is 1.05. The summed E-state index contributed by atoms with van der Waals surface area (Å²) in [4.78, 5) is 3.23. The van der Waals surface area contributed by atoms with E-state index in [-0.39, 0.29) is 0 Å². The third kappa shape index (κ3) is 5.49. The van der Waals surface area contributed by atoms with Gasteiger partial charge < -0.3 is 4.85 Å². The van der Waals surface area contributed by atoms with Crippen LogP contribution in [0.2, 0.25) is 0 Å². The van der Waals surface area contributed by atoms with E-state index in [1.165, 1.54) is 0 Å². The van der Waals surface area contributed by atoms with Gasteiger partial charge in [0.05, 0.1) is 0 Å². The minimum atomic E-state index is 0.689. The van der Waals surface area contributed by atoms with E-state index >= 15 is 0 Å². The van der Waals surface area contributed by atoms with Gasteiger partial charge in [0.1, 0.15) is 0 Å². The highest BCUT2D eigenvalue weighted by molar-refractivity contribution is 4.59. The summed E-state index contributed by atoms with van der Waals surface area (Å²) in [5, 5.41) is 0. The molecule has 0 saturated carbocycles. The lowest BCUT2D eigenvalue weighted by molar-refractivity contribution is 0.616. The molecule has 0 aliphatic carbocycles. The molecule has 0 unspecified atom stereocenters. The van der Waals surface area contributed by atoms with Gasteiger partial charge in [-0.3, -0.25) is 0 Å². The highest BCUT2D eigenvalue weighted by Crippen LogP contribution is 1.97. The van der Waals surface area contributed by atoms with E-state index in [9.17, 15) is 0 Å². The molecule has 1 heteroatoms. The van der Waals surface area contributed by atoms with Gasteiger partial charge in [0.25, 0.3) is 0 Å². The van der Waals surface area contributed by atoms with Crippen molar-refractivity contribution < 1.29 is 0 Å². The zero-order valence-corrected chi connectivity index (χ0v) is 4.94. The third-order valence-corrected chi connectivity index (χ3v) is 0.818. The normalized spacial score (nSPS) is 8.86. The lowest BCUT2D eigenvalue weighted by Crippen LogP contribution is -1.87. The molecule has 0 fully saturated rings. The van der Waals surface area contributed by atoms with Gasteiger partial charge in [0.2, 0.25) is 6.54 Å². The molecule has 0 bridgehead atoms. The molecule has 0 aromatic rings. The van der Waals surface area contributed by atoms with Crippen LogP contribution in [0, 0.1) is 12.5 Å². The molecule has 0 spiro atoms. The van der Waals surface area contributed by atoms with E-state index in [1.54, 1.807) is 0 Å². The molecular formula is C6H11N. The predicted molar refractivity (Wildman–Crippen MR) is 30.9 cm³/mol. The van der Waals surface area contributed by atoms with Gasteiger partial charge in [-0.2, -0.15) is 0 Å². The standard InChI is InChI=1S/C6H11N/c1-6(2)4-5-7-3/h6H,4-5H2,1-2H3. The van der Waals surface area contributed by atoms with E-state index < -0.39 is 0 Å². The first kappa shape index (κ1) is 6.49. The molecule has 0 aliphatic rings. The van der Waals surface area contributed by atoms with Crippen molar-refractivity contribution in [3.63, 3.8) is 0 Å². The number of nitrogens with zero attached hydrogens (tertiary/aromatic N) is 1. The monoisotopic (exact) mass is 97.1 g/mol. The topological polar surface area (TPSA) is 4.36 Å². The fraction of sp³-hybridized carbons (Fsp3) is 0.833. The van der Waals surface area contributed by atoms with E-state index in [4.69, 9.17) is 6.57 Å². The Kier molecular flexibility index (Phi) is 3.40. The Labute approximate surface area is 45.2 Å². The molecular weight excluding hydrogens is 86.1 g/mol. The summed E-state index contributed by atoms with van der Waals surface area (Å²) in [7, 11) is 0. The lowest BCUT2D eigenvalue weighted by atomic mass is 10.1. The smallest absolute Gasteiger partial charge is 0.214 e. The van der Waals surface area contributed by atoms with Crippen molar-refractivity contribution in [1.82, 2.24) is 0 Å². The van der Waals surface area contributed by atoms with Crippen molar-refractivity contribution in [2.75, 3.05) is 6.54 Å². The van der Waals surface area contributed by atoms with Crippen LogP contribution in [0.15, 0.2) is 0 Å². The maximum Gasteiger partial charge on any atom is 0.214 e. The molecule has 40 valence electrons. The van der Waals surface area contributed by atoms with Crippen molar-refractivity contribution in [2.24, 2.45) is 5.92 Å². The highest BCUT2D eigenvalue weighted by Gasteiger charge is 1.91. The second-order valence-corrected chi connectivity index (χ2v) is 2.06. The number of rotatable bonds is 2. The Morgan fingerprint density at radius 2 is 2.14 bits per heavy atom. The minimum absolute atomic E-state index is 0.689. The van der Waals surface area contributed by atoms with Crippen LogP contribution in [-0.4, -0.2) is 6.54 Å². The van der Waals surface area contributed by atoms with Crippen LogP contribution < -0.4 is 0 Å². The molecule has 0 N–H and O–H groups in total. The van der Waals surface area contributed by atoms with Crippen LogP contribution in [0.3, 0.4) is 0 Å². The molecule has 0 amide bonds. The van der Waals surface area contributed by atoms with Gasteiger partial charge in [-0.25, -0.2) is 6.57 Å². The van der Waals surface area contributed by atoms with Crippen LogP contribution in [0.1, 0.15) is 20.3 Å². The SMILES string of the molecule is [C-]#[N+]CCC(C)C. The van der Waals surface area contributed by atoms with Gasteiger partial charge in [0, 0.05) is 6.42 Å². The Morgan fingerprint density at radius 1 is 1.57 bits per heavy atom. The van der Waals surface area contributed by atoms with Gasteiger partial charge in [-0.15, -0.1) is 0 Å². The minimum Gasteiger partial charge on any atom is -0.317 e. The predicted octanol–water partition coefficient (Wildman–Crippen LogP) is 1.95. The Balaban J connectivity index is 2.86. The Morgan fingerprint density at radius 3 is 2.29 bits per heavy atom. The second kappa shape index (κ2) is 3.67. The Hall–Kier alpha value is -0.510. The molecule has 7 heavy (non-hydrogen) atoms. The van der Waals surface area contributed by atoms with Crippen LogP contribution in [-0.2, 0) is 0 Å². The molecule has 0 radical (unpaired) electrons. The first-order valence-electron chi connectivity index (χ1n) is 2.60. The molecule has 0 saturated heterocycles. The van der Waals surface area contributed by atoms with Crippen molar-refractivity contribution in [2.45, 2.75) is 20.3 Å². The van der Waals surface area contributed by atoms with Crippen LogP contribution >= 0.6 is 0 Å². The van der Waals surface area contributed by atoms with Crippen LogP contribution in [0.4, 0.5) is 0 Å². The molecule has 1 nitrogen and oxygen atoms in total. The molecule has 0 aromatic carbocycles. The van der Waals surface area contributed by atoms with Crippen molar-refractivity contribution in [3.8, 4) is 0 Å². The molecule has 0 aliphatic heterocycles. The first-order chi connectivity index (χ1) is 3.27. The fourth-order valence-corrected chi connectivity index (χ4v) is 0.323. The van der Waals surface area contributed by atoms with Gasteiger partial charge in [0.15, 0.2) is 0 Å². The highest BCUT2D eigenvalue weighted by atomic mass is 14.6.